The number of fused-ring (bicyclic) bond motifs is 1. The van der Waals surface area contributed by atoms with Crippen molar-refractivity contribution in [2.45, 2.75) is 38.0 Å². The number of hydrogen-bond acceptors (Lipinski definition) is 3. The molecule has 1 unspecified atom stereocenters. The van der Waals surface area contributed by atoms with Crippen molar-refractivity contribution < 1.29 is 4.42 Å². The average molecular weight is 383 g/mol. The normalized spacial score (nSPS) is 16.8. The molecule has 1 aliphatic carbocycles. The second-order valence-corrected chi connectivity index (χ2v) is 7.30. The number of rotatable bonds is 4. The largest absolute Gasteiger partial charge is 0.425 e. The van der Waals surface area contributed by atoms with Crippen LogP contribution in [0.2, 0.25) is 0 Å². The molecule has 1 atom stereocenters. The fourth-order valence-corrected chi connectivity index (χ4v) is 3.76. The summed E-state index contributed by atoms with van der Waals surface area (Å²) in [6.07, 6.45) is 5.14. The van der Waals surface area contributed by atoms with Gasteiger partial charge < -0.3 is 4.42 Å². The van der Waals surface area contributed by atoms with E-state index in [4.69, 9.17) is 4.42 Å². The van der Waals surface area contributed by atoms with E-state index in [1.165, 1.54) is 36.0 Å². The highest BCUT2D eigenvalue weighted by Crippen LogP contribution is 2.33. The molecule has 4 heteroatoms. The summed E-state index contributed by atoms with van der Waals surface area (Å²) >= 11 is 3.45. The Bertz CT molecular complexity index is 826. The van der Waals surface area contributed by atoms with Gasteiger partial charge in [-0.25, -0.2) is 0 Å². The third kappa shape index (κ3) is 3.44. The third-order valence-corrected chi connectivity index (χ3v) is 5.22. The molecule has 0 fully saturated rings. The second kappa shape index (κ2) is 6.89. The SMILES string of the molecule is Brc1ccc(Cc2nnc(CC3CCCc4ccccc43)o2)cc1. The summed E-state index contributed by atoms with van der Waals surface area (Å²) in [4.78, 5) is 0. The minimum absolute atomic E-state index is 0.496. The van der Waals surface area contributed by atoms with Crippen LogP contribution in [0.15, 0.2) is 57.4 Å². The molecule has 0 saturated carbocycles. The standard InChI is InChI=1S/C20H19BrN2O/c21-17-10-8-14(9-11-17)12-19-22-23-20(24-19)13-16-6-3-5-15-4-1-2-7-18(15)16/h1-2,4,7-11,16H,3,5-6,12-13H2. The van der Waals surface area contributed by atoms with Crippen LogP contribution in [0.4, 0.5) is 0 Å². The summed E-state index contributed by atoms with van der Waals surface area (Å²) in [5.41, 5.74) is 4.11. The van der Waals surface area contributed by atoms with Gasteiger partial charge in [0.25, 0.3) is 0 Å². The Labute approximate surface area is 150 Å². The molecule has 0 amide bonds. The van der Waals surface area contributed by atoms with Gasteiger partial charge in [-0.05, 0) is 54.0 Å². The first-order chi connectivity index (χ1) is 11.8. The van der Waals surface area contributed by atoms with Crippen molar-refractivity contribution in [2.75, 3.05) is 0 Å². The zero-order valence-corrected chi connectivity index (χ0v) is 15.0. The molecule has 0 bridgehead atoms. The van der Waals surface area contributed by atoms with Gasteiger partial charge in [-0.3, -0.25) is 0 Å². The Balaban J connectivity index is 1.47. The number of hydrogen-bond donors (Lipinski definition) is 0. The van der Waals surface area contributed by atoms with E-state index >= 15 is 0 Å². The smallest absolute Gasteiger partial charge is 0.220 e. The Morgan fingerprint density at radius 1 is 1.00 bits per heavy atom. The van der Waals surface area contributed by atoms with Crippen LogP contribution in [0.3, 0.4) is 0 Å². The number of aryl methyl sites for hydroxylation is 1. The summed E-state index contributed by atoms with van der Waals surface area (Å²) in [6.45, 7) is 0. The Morgan fingerprint density at radius 3 is 2.67 bits per heavy atom. The van der Waals surface area contributed by atoms with Gasteiger partial charge in [-0.1, -0.05) is 52.3 Å². The van der Waals surface area contributed by atoms with Gasteiger partial charge in [0.2, 0.25) is 11.8 Å². The molecule has 1 aliphatic rings. The molecule has 4 rings (SSSR count). The molecule has 24 heavy (non-hydrogen) atoms. The van der Waals surface area contributed by atoms with Crippen molar-refractivity contribution >= 4 is 15.9 Å². The highest BCUT2D eigenvalue weighted by Gasteiger charge is 2.22. The first kappa shape index (κ1) is 15.6. The summed E-state index contributed by atoms with van der Waals surface area (Å²) < 4.78 is 6.98. The van der Waals surface area contributed by atoms with Crippen molar-refractivity contribution in [3.8, 4) is 0 Å². The van der Waals surface area contributed by atoms with E-state index in [1.54, 1.807) is 0 Å². The average Bonchev–Trinajstić information content (AvgIpc) is 3.04. The fourth-order valence-electron chi connectivity index (χ4n) is 3.50. The lowest BCUT2D eigenvalue weighted by Gasteiger charge is -2.24. The monoisotopic (exact) mass is 382 g/mol. The van der Waals surface area contributed by atoms with Crippen LogP contribution in [-0.2, 0) is 19.3 Å². The van der Waals surface area contributed by atoms with Gasteiger partial charge in [-0.15, -0.1) is 10.2 Å². The predicted molar refractivity (Wildman–Crippen MR) is 97.1 cm³/mol. The van der Waals surface area contributed by atoms with Gasteiger partial charge in [0.15, 0.2) is 0 Å². The van der Waals surface area contributed by atoms with E-state index in [0.29, 0.717) is 18.2 Å². The first-order valence-corrected chi connectivity index (χ1v) is 9.21. The minimum Gasteiger partial charge on any atom is -0.425 e. The molecule has 0 spiro atoms. The molecular formula is C20H19BrN2O. The van der Waals surface area contributed by atoms with E-state index in [2.05, 4.69) is 62.5 Å². The van der Waals surface area contributed by atoms with Crippen LogP contribution < -0.4 is 0 Å². The minimum atomic E-state index is 0.496. The van der Waals surface area contributed by atoms with Gasteiger partial charge in [0.1, 0.15) is 0 Å². The Hall–Kier alpha value is -1.94. The van der Waals surface area contributed by atoms with Gasteiger partial charge >= 0.3 is 0 Å². The maximum atomic E-state index is 5.90. The fraction of sp³-hybridized carbons (Fsp3) is 0.300. The molecule has 3 aromatic rings. The Morgan fingerprint density at radius 2 is 1.79 bits per heavy atom. The molecule has 0 aliphatic heterocycles. The van der Waals surface area contributed by atoms with Gasteiger partial charge in [-0.2, -0.15) is 0 Å². The predicted octanol–water partition coefficient (Wildman–Crippen LogP) is 5.09. The molecule has 3 nitrogen and oxygen atoms in total. The molecule has 1 heterocycles. The quantitative estimate of drug-likeness (QED) is 0.630. The molecule has 0 N–H and O–H groups in total. The molecule has 0 radical (unpaired) electrons. The Kier molecular flexibility index (Phi) is 4.48. The highest BCUT2D eigenvalue weighted by atomic mass is 79.9. The summed E-state index contributed by atoms with van der Waals surface area (Å²) in [5, 5.41) is 8.50. The number of aromatic nitrogens is 2. The lowest BCUT2D eigenvalue weighted by molar-refractivity contribution is 0.425. The van der Waals surface area contributed by atoms with Crippen molar-refractivity contribution in [3.63, 3.8) is 0 Å². The molecule has 122 valence electrons. The number of nitrogens with zero attached hydrogens (tertiary/aromatic N) is 2. The van der Waals surface area contributed by atoms with Crippen LogP contribution in [0.5, 0.6) is 0 Å². The lowest BCUT2D eigenvalue weighted by Crippen LogP contribution is -2.12. The van der Waals surface area contributed by atoms with Gasteiger partial charge in [0.05, 0.1) is 6.42 Å². The van der Waals surface area contributed by atoms with Crippen LogP contribution in [-0.4, -0.2) is 10.2 Å². The van der Waals surface area contributed by atoms with E-state index in [-0.39, 0.29) is 0 Å². The van der Waals surface area contributed by atoms with Crippen molar-refractivity contribution in [1.29, 1.82) is 0 Å². The van der Waals surface area contributed by atoms with Crippen molar-refractivity contribution in [3.05, 3.63) is 81.5 Å². The lowest BCUT2D eigenvalue weighted by atomic mass is 9.81. The zero-order chi connectivity index (χ0) is 16.4. The number of halogens is 1. The zero-order valence-electron chi connectivity index (χ0n) is 13.4. The maximum absolute atomic E-state index is 5.90. The first-order valence-electron chi connectivity index (χ1n) is 8.41. The third-order valence-electron chi connectivity index (χ3n) is 4.69. The van der Waals surface area contributed by atoms with Crippen LogP contribution in [0.25, 0.3) is 0 Å². The number of benzene rings is 2. The molecule has 2 aromatic carbocycles. The molecular weight excluding hydrogens is 364 g/mol. The van der Waals surface area contributed by atoms with E-state index < -0.39 is 0 Å². The summed E-state index contributed by atoms with van der Waals surface area (Å²) in [6, 6.07) is 17.0. The highest BCUT2D eigenvalue weighted by molar-refractivity contribution is 9.10. The summed E-state index contributed by atoms with van der Waals surface area (Å²) in [7, 11) is 0. The maximum Gasteiger partial charge on any atom is 0.220 e. The molecule has 1 aromatic heterocycles. The van der Waals surface area contributed by atoms with Crippen LogP contribution >= 0.6 is 15.9 Å². The summed E-state index contributed by atoms with van der Waals surface area (Å²) in [5.74, 6) is 1.94. The van der Waals surface area contributed by atoms with Crippen LogP contribution in [0.1, 0.15) is 47.2 Å². The van der Waals surface area contributed by atoms with E-state index in [9.17, 15) is 0 Å². The topological polar surface area (TPSA) is 38.9 Å². The van der Waals surface area contributed by atoms with Crippen molar-refractivity contribution in [1.82, 2.24) is 10.2 Å². The van der Waals surface area contributed by atoms with Crippen molar-refractivity contribution in [2.24, 2.45) is 0 Å². The second-order valence-electron chi connectivity index (χ2n) is 6.38. The molecule has 0 saturated heterocycles. The van der Waals surface area contributed by atoms with E-state index in [1.807, 2.05) is 12.1 Å². The van der Waals surface area contributed by atoms with E-state index in [0.717, 1.165) is 16.8 Å². The van der Waals surface area contributed by atoms with Gasteiger partial charge in [0, 0.05) is 10.9 Å². The van der Waals surface area contributed by atoms with Crippen LogP contribution in [0, 0.1) is 0 Å².